The van der Waals surface area contributed by atoms with Crippen LogP contribution in [0.25, 0.3) is 0 Å². The van der Waals surface area contributed by atoms with Crippen LogP contribution in [-0.2, 0) is 0 Å². The maximum Gasteiger partial charge on any atom is 0.329 e. The molecule has 5 nitrogen and oxygen atoms in total. The molecule has 0 bridgehead atoms. The van der Waals surface area contributed by atoms with Crippen molar-refractivity contribution in [2.75, 3.05) is 0 Å². The van der Waals surface area contributed by atoms with Crippen LogP contribution in [0.3, 0.4) is 0 Å². The lowest BCUT2D eigenvalue weighted by atomic mass is 10.2. The van der Waals surface area contributed by atoms with Gasteiger partial charge in [0.05, 0.1) is 9.40 Å². The van der Waals surface area contributed by atoms with Crippen LogP contribution in [0.5, 0.6) is 11.5 Å². The monoisotopic (exact) mass is 318 g/mol. The van der Waals surface area contributed by atoms with E-state index in [1.165, 1.54) is 18.2 Å². The fraction of sp³-hybridized carbons (Fsp3) is 0. The SMILES string of the molecule is N#Cc1cccc(Oc2ccccc2Br)c1[N+](=O)[O-]. The van der Waals surface area contributed by atoms with Crippen LogP contribution in [0, 0.1) is 21.4 Å². The minimum Gasteiger partial charge on any atom is -0.449 e. The number of hydrogen-bond acceptors (Lipinski definition) is 4. The lowest BCUT2D eigenvalue weighted by Gasteiger charge is -2.08. The molecular formula is C13H7BrN2O3. The maximum absolute atomic E-state index is 11.0. The van der Waals surface area contributed by atoms with E-state index in [1.54, 1.807) is 30.3 Å². The molecule has 2 aromatic carbocycles. The molecule has 0 heterocycles. The average molecular weight is 319 g/mol. The molecule has 2 rings (SSSR count). The number of rotatable bonds is 3. The highest BCUT2D eigenvalue weighted by molar-refractivity contribution is 9.10. The first-order valence-electron chi connectivity index (χ1n) is 5.23. The van der Waals surface area contributed by atoms with Crippen LogP contribution in [0.15, 0.2) is 46.9 Å². The van der Waals surface area contributed by atoms with E-state index in [2.05, 4.69) is 15.9 Å². The summed E-state index contributed by atoms with van der Waals surface area (Å²) in [6, 6.07) is 13.1. The van der Waals surface area contributed by atoms with Gasteiger partial charge >= 0.3 is 5.69 Å². The van der Waals surface area contributed by atoms with Gasteiger partial charge in [-0.3, -0.25) is 10.1 Å². The highest BCUT2D eigenvalue weighted by Crippen LogP contribution is 2.36. The number of para-hydroxylation sites is 2. The number of benzene rings is 2. The molecule has 0 aliphatic carbocycles. The second kappa shape index (κ2) is 5.50. The van der Waals surface area contributed by atoms with E-state index in [9.17, 15) is 10.1 Å². The third kappa shape index (κ3) is 2.72. The van der Waals surface area contributed by atoms with Crippen molar-refractivity contribution in [2.24, 2.45) is 0 Å². The van der Waals surface area contributed by atoms with Crippen LogP contribution < -0.4 is 4.74 Å². The zero-order valence-electron chi connectivity index (χ0n) is 9.54. The van der Waals surface area contributed by atoms with Crippen molar-refractivity contribution in [2.45, 2.75) is 0 Å². The van der Waals surface area contributed by atoms with Gasteiger partial charge in [-0.1, -0.05) is 18.2 Å². The largest absolute Gasteiger partial charge is 0.449 e. The minimum absolute atomic E-state index is 0.0328. The zero-order chi connectivity index (χ0) is 13.8. The van der Waals surface area contributed by atoms with E-state index < -0.39 is 4.92 Å². The molecule has 2 aromatic rings. The quantitative estimate of drug-likeness (QED) is 0.632. The average Bonchev–Trinajstić information content (AvgIpc) is 2.40. The topological polar surface area (TPSA) is 76.2 Å². The number of nitriles is 1. The van der Waals surface area contributed by atoms with Gasteiger partial charge in [0.25, 0.3) is 0 Å². The molecule has 0 aromatic heterocycles. The molecule has 0 radical (unpaired) electrons. The predicted octanol–water partition coefficient (Wildman–Crippen LogP) is 4.02. The van der Waals surface area contributed by atoms with Gasteiger partial charge in [-0.05, 0) is 40.2 Å². The first-order valence-corrected chi connectivity index (χ1v) is 6.02. The molecule has 0 saturated heterocycles. The standard InChI is InChI=1S/C13H7BrN2O3/c14-10-5-1-2-6-11(10)19-12-7-3-4-9(8-15)13(12)16(17)18/h1-7H. The Morgan fingerprint density at radius 3 is 2.47 bits per heavy atom. The third-order valence-corrected chi connectivity index (χ3v) is 3.01. The zero-order valence-corrected chi connectivity index (χ0v) is 11.1. The number of nitrogens with zero attached hydrogens (tertiary/aromatic N) is 2. The van der Waals surface area contributed by atoms with Crippen LogP contribution in [0.2, 0.25) is 0 Å². The Morgan fingerprint density at radius 2 is 1.84 bits per heavy atom. The van der Waals surface area contributed by atoms with E-state index in [0.29, 0.717) is 10.2 Å². The summed E-state index contributed by atoms with van der Waals surface area (Å²) in [6.45, 7) is 0. The minimum atomic E-state index is -0.620. The van der Waals surface area contributed by atoms with Gasteiger partial charge in [-0.2, -0.15) is 5.26 Å². The van der Waals surface area contributed by atoms with Gasteiger partial charge in [-0.15, -0.1) is 0 Å². The molecular weight excluding hydrogens is 312 g/mol. The molecule has 0 N–H and O–H groups in total. The van der Waals surface area contributed by atoms with Crippen molar-refractivity contribution in [3.05, 3.63) is 62.6 Å². The van der Waals surface area contributed by atoms with Gasteiger partial charge in [0.15, 0.2) is 0 Å². The van der Waals surface area contributed by atoms with E-state index in [4.69, 9.17) is 10.00 Å². The number of ether oxygens (including phenoxy) is 1. The predicted molar refractivity (Wildman–Crippen MR) is 72.0 cm³/mol. The fourth-order valence-electron chi connectivity index (χ4n) is 1.53. The second-order valence-corrected chi connectivity index (χ2v) is 4.41. The van der Waals surface area contributed by atoms with Crippen LogP contribution in [0.1, 0.15) is 5.56 Å². The first-order chi connectivity index (χ1) is 9.13. The Labute approximate surface area is 117 Å². The molecule has 94 valence electrons. The molecule has 0 aliphatic heterocycles. The first kappa shape index (κ1) is 13.1. The van der Waals surface area contributed by atoms with Gasteiger partial charge in [0, 0.05) is 0 Å². The number of nitro benzene ring substituents is 1. The Bertz CT molecular complexity index is 680. The Kier molecular flexibility index (Phi) is 3.78. The summed E-state index contributed by atoms with van der Waals surface area (Å²) in [7, 11) is 0. The maximum atomic E-state index is 11.0. The van der Waals surface area contributed by atoms with E-state index in [-0.39, 0.29) is 17.0 Å². The molecule has 0 atom stereocenters. The Morgan fingerprint density at radius 1 is 1.16 bits per heavy atom. The summed E-state index contributed by atoms with van der Waals surface area (Å²) in [5, 5.41) is 19.9. The molecule has 0 unspecified atom stereocenters. The van der Waals surface area contributed by atoms with Crippen molar-refractivity contribution in [1.29, 1.82) is 5.26 Å². The lowest BCUT2D eigenvalue weighted by molar-refractivity contribution is -0.385. The van der Waals surface area contributed by atoms with E-state index in [0.717, 1.165) is 0 Å². The number of hydrogen-bond donors (Lipinski definition) is 0. The molecule has 19 heavy (non-hydrogen) atoms. The van der Waals surface area contributed by atoms with Crippen LogP contribution >= 0.6 is 15.9 Å². The van der Waals surface area contributed by atoms with Crippen molar-refractivity contribution in [1.82, 2.24) is 0 Å². The third-order valence-electron chi connectivity index (χ3n) is 2.36. The highest BCUT2D eigenvalue weighted by atomic mass is 79.9. The fourth-order valence-corrected chi connectivity index (χ4v) is 1.89. The summed E-state index contributed by atoms with van der Waals surface area (Å²) < 4.78 is 6.18. The smallest absolute Gasteiger partial charge is 0.329 e. The summed E-state index contributed by atoms with van der Waals surface area (Å²) in [4.78, 5) is 10.4. The molecule has 0 amide bonds. The highest BCUT2D eigenvalue weighted by Gasteiger charge is 2.21. The van der Waals surface area contributed by atoms with Crippen LogP contribution in [-0.4, -0.2) is 4.92 Å². The molecule has 0 spiro atoms. The Balaban J connectivity index is 2.50. The van der Waals surface area contributed by atoms with Crippen molar-refractivity contribution in [3.63, 3.8) is 0 Å². The second-order valence-electron chi connectivity index (χ2n) is 3.55. The number of nitro groups is 1. The van der Waals surface area contributed by atoms with E-state index >= 15 is 0 Å². The molecule has 6 heteroatoms. The van der Waals surface area contributed by atoms with Gasteiger partial charge in [0.2, 0.25) is 5.75 Å². The summed E-state index contributed by atoms with van der Waals surface area (Å²) >= 11 is 3.29. The van der Waals surface area contributed by atoms with Crippen molar-refractivity contribution >= 4 is 21.6 Å². The Hall–Kier alpha value is -2.39. The van der Waals surface area contributed by atoms with Crippen LogP contribution in [0.4, 0.5) is 5.69 Å². The molecule has 0 saturated carbocycles. The number of halogens is 1. The van der Waals surface area contributed by atoms with E-state index in [1.807, 2.05) is 0 Å². The lowest BCUT2D eigenvalue weighted by Crippen LogP contribution is -1.96. The summed E-state index contributed by atoms with van der Waals surface area (Å²) in [6.07, 6.45) is 0. The summed E-state index contributed by atoms with van der Waals surface area (Å²) in [5.74, 6) is 0.483. The van der Waals surface area contributed by atoms with Gasteiger partial charge < -0.3 is 4.74 Å². The normalized spacial score (nSPS) is 9.68. The summed E-state index contributed by atoms with van der Waals surface area (Å²) in [5.41, 5.74) is -0.365. The van der Waals surface area contributed by atoms with Crippen molar-refractivity contribution < 1.29 is 9.66 Å². The van der Waals surface area contributed by atoms with Gasteiger partial charge in [-0.25, -0.2) is 0 Å². The molecule has 0 fully saturated rings. The van der Waals surface area contributed by atoms with Gasteiger partial charge in [0.1, 0.15) is 17.4 Å². The van der Waals surface area contributed by atoms with Crippen molar-refractivity contribution in [3.8, 4) is 17.6 Å². The molecule has 0 aliphatic rings.